The number of esters is 1. The zero-order chi connectivity index (χ0) is 19.9. The second kappa shape index (κ2) is 16.3. The number of aryl methyl sites for hydroxylation is 1. The van der Waals surface area contributed by atoms with Crippen LogP contribution in [0.1, 0.15) is 70.8 Å². The molecule has 0 unspecified atom stereocenters. The third-order valence-electron chi connectivity index (χ3n) is 4.50. The number of hydrogen-bond acceptors (Lipinski definition) is 3. The molecule has 28 heavy (non-hydrogen) atoms. The number of unbranched alkanes of at least 4 members (excludes halogenated alkanes) is 5. The van der Waals surface area contributed by atoms with E-state index >= 15 is 0 Å². The minimum absolute atomic E-state index is 0. The molecule has 0 fully saturated rings. The molecule has 0 N–H and O–H groups in total. The van der Waals surface area contributed by atoms with Crippen molar-refractivity contribution in [1.82, 2.24) is 0 Å². The molecule has 4 heteroatoms. The van der Waals surface area contributed by atoms with E-state index in [0.29, 0.717) is 19.4 Å². The minimum Gasteiger partial charge on any atom is -0.875 e. The Kier molecular flexibility index (Phi) is 15.4. The van der Waals surface area contributed by atoms with Crippen molar-refractivity contribution in [3.05, 3.63) is 65.0 Å². The summed E-state index contributed by atoms with van der Waals surface area (Å²) in [5.41, 5.74) is 3.30. The standard InChI is InChI=1S/C18H28O3.C6H7.Fe/c1-3-21-18(20)14-9-7-5-4-6-8-13-17(19)16-12-10-11-15(16)2;1-6-4-2-3-5-6;/h10-12,19H,3-9,13-14H2,1-2H3;2-5H,1H3;/q;-1;+2/p-1. The van der Waals surface area contributed by atoms with E-state index in [1.54, 1.807) is 0 Å². The van der Waals surface area contributed by atoms with E-state index < -0.39 is 0 Å². The van der Waals surface area contributed by atoms with Gasteiger partial charge in [-0.2, -0.15) is 17.7 Å². The first-order valence-electron chi connectivity index (χ1n) is 10.1. The van der Waals surface area contributed by atoms with Crippen LogP contribution < -0.4 is 5.11 Å². The summed E-state index contributed by atoms with van der Waals surface area (Å²) >= 11 is 0. The third kappa shape index (κ3) is 11.9. The molecule has 0 aromatic heterocycles. The van der Waals surface area contributed by atoms with Crippen LogP contribution in [0.15, 0.2) is 59.4 Å². The number of carbonyl (C=O) groups excluding carboxylic acids is 1. The van der Waals surface area contributed by atoms with Crippen molar-refractivity contribution in [2.45, 2.75) is 72.1 Å². The topological polar surface area (TPSA) is 49.4 Å². The summed E-state index contributed by atoms with van der Waals surface area (Å²) in [7, 11) is 0. The van der Waals surface area contributed by atoms with E-state index in [9.17, 15) is 9.90 Å². The molecule has 0 saturated heterocycles. The van der Waals surface area contributed by atoms with Gasteiger partial charge in [-0.1, -0.05) is 57.3 Å². The second-order valence-corrected chi connectivity index (χ2v) is 6.93. The summed E-state index contributed by atoms with van der Waals surface area (Å²) in [6, 6.07) is 8.24. The number of rotatable bonds is 10. The molecule has 1 aromatic rings. The summed E-state index contributed by atoms with van der Waals surface area (Å²) in [5.74, 6) is 0.174. The monoisotopic (exact) mass is 426 g/mol. The summed E-state index contributed by atoms with van der Waals surface area (Å²) in [6.07, 6.45) is 13.3. The summed E-state index contributed by atoms with van der Waals surface area (Å²) in [5, 5.41) is 11.9. The Labute approximate surface area is 181 Å². The fourth-order valence-electron chi connectivity index (χ4n) is 2.92. The van der Waals surface area contributed by atoms with Crippen LogP contribution in [-0.2, 0) is 26.6 Å². The number of allylic oxidation sites excluding steroid dienone is 6. The molecule has 0 radical (unpaired) electrons. The van der Waals surface area contributed by atoms with Crippen LogP contribution in [0.2, 0.25) is 0 Å². The average molecular weight is 426 g/mol. The van der Waals surface area contributed by atoms with Gasteiger partial charge in [0, 0.05) is 6.42 Å². The van der Waals surface area contributed by atoms with Gasteiger partial charge in [0.15, 0.2) is 0 Å². The molecule has 0 heterocycles. The fraction of sp³-hybridized carbons (Fsp3) is 0.500. The Bertz CT molecular complexity index is 624. The quantitative estimate of drug-likeness (QED) is 0.163. The van der Waals surface area contributed by atoms with Gasteiger partial charge in [-0.15, -0.1) is 5.76 Å². The van der Waals surface area contributed by atoms with Gasteiger partial charge in [-0.25, -0.2) is 12.1 Å². The number of ether oxygens (including phenoxy) is 1. The fourth-order valence-corrected chi connectivity index (χ4v) is 2.92. The first kappa shape index (κ1) is 26.4. The molecule has 0 atom stereocenters. The SMILES string of the molecule is CCOC(=O)CCCCCCCCC([O-])=C1C=CC=C1C.Cc1ccc[cH-]1.[Fe+2]. The molecule has 1 aliphatic rings. The van der Waals surface area contributed by atoms with Gasteiger partial charge in [-0.05, 0) is 37.8 Å². The molecule has 2 rings (SSSR count). The van der Waals surface area contributed by atoms with Gasteiger partial charge in [0.05, 0.1) is 6.61 Å². The van der Waals surface area contributed by atoms with Crippen molar-refractivity contribution in [3.8, 4) is 0 Å². The smallest absolute Gasteiger partial charge is 0.875 e. The molecule has 156 valence electrons. The van der Waals surface area contributed by atoms with E-state index in [1.165, 1.54) is 5.56 Å². The van der Waals surface area contributed by atoms with Crippen LogP contribution in [-0.4, -0.2) is 12.6 Å². The van der Waals surface area contributed by atoms with Crippen molar-refractivity contribution >= 4 is 5.97 Å². The second-order valence-electron chi connectivity index (χ2n) is 6.93. The van der Waals surface area contributed by atoms with Crippen molar-refractivity contribution in [3.63, 3.8) is 0 Å². The minimum atomic E-state index is -0.0897. The normalized spacial score (nSPS) is 13.9. The zero-order valence-electron chi connectivity index (χ0n) is 17.5. The molecular weight excluding hydrogens is 392 g/mol. The number of hydrogen-bond donors (Lipinski definition) is 0. The molecule has 0 bridgehead atoms. The van der Waals surface area contributed by atoms with E-state index in [2.05, 4.69) is 19.1 Å². The predicted octanol–water partition coefficient (Wildman–Crippen LogP) is 5.51. The van der Waals surface area contributed by atoms with Gasteiger partial charge in [0.1, 0.15) is 0 Å². The predicted molar refractivity (Wildman–Crippen MR) is 110 cm³/mol. The summed E-state index contributed by atoms with van der Waals surface area (Å²) in [6.45, 7) is 6.36. The first-order valence-corrected chi connectivity index (χ1v) is 10.1. The van der Waals surface area contributed by atoms with Gasteiger partial charge < -0.3 is 9.84 Å². The van der Waals surface area contributed by atoms with E-state index in [0.717, 1.165) is 49.7 Å². The Hall–Kier alpha value is -1.64. The van der Waals surface area contributed by atoms with E-state index in [1.807, 2.05) is 44.2 Å². The van der Waals surface area contributed by atoms with E-state index in [4.69, 9.17) is 4.74 Å². The largest absolute Gasteiger partial charge is 2.00 e. The number of carbonyl (C=O) groups is 1. The summed E-state index contributed by atoms with van der Waals surface area (Å²) in [4.78, 5) is 11.1. The molecule has 0 aliphatic heterocycles. The third-order valence-corrected chi connectivity index (χ3v) is 4.50. The Morgan fingerprint density at radius 3 is 2.18 bits per heavy atom. The van der Waals surface area contributed by atoms with Crippen molar-refractivity contribution in [2.75, 3.05) is 6.61 Å². The van der Waals surface area contributed by atoms with Crippen molar-refractivity contribution < 1.29 is 31.7 Å². The molecule has 1 aliphatic carbocycles. The molecule has 1 aromatic carbocycles. The van der Waals surface area contributed by atoms with Crippen molar-refractivity contribution in [1.29, 1.82) is 0 Å². The van der Waals surface area contributed by atoms with Crippen molar-refractivity contribution in [2.24, 2.45) is 0 Å². The van der Waals surface area contributed by atoms with Gasteiger partial charge in [0.25, 0.3) is 0 Å². The maximum absolute atomic E-state index is 11.9. The van der Waals surface area contributed by atoms with Crippen LogP contribution in [0.25, 0.3) is 0 Å². The molecule has 0 spiro atoms. The van der Waals surface area contributed by atoms with Gasteiger partial charge >= 0.3 is 23.0 Å². The molecule has 0 saturated carbocycles. The van der Waals surface area contributed by atoms with Crippen LogP contribution in [0.3, 0.4) is 0 Å². The molecule has 0 amide bonds. The Morgan fingerprint density at radius 1 is 1.07 bits per heavy atom. The van der Waals surface area contributed by atoms with Crippen LogP contribution in [0.4, 0.5) is 0 Å². The first-order chi connectivity index (χ1) is 13.0. The van der Waals surface area contributed by atoms with Gasteiger partial charge in [-0.3, -0.25) is 4.79 Å². The Morgan fingerprint density at radius 2 is 1.71 bits per heavy atom. The average Bonchev–Trinajstić information content (AvgIpc) is 3.29. The molecule has 3 nitrogen and oxygen atoms in total. The zero-order valence-corrected chi connectivity index (χ0v) is 18.6. The van der Waals surface area contributed by atoms with Crippen LogP contribution in [0, 0.1) is 6.92 Å². The van der Waals surface area contributed by atoms with Crippen LogP contribution >= 0.6 is 0 Å². The Balaban J connectivity index is 0.000000884. The maximum atomic E-state index is 11.9. The maximum Gasteiger partial charge on any atom is 2.00 e. The van der Waals surface area contributed by atoms with Crippen LogP contribution in [0.5, 0.6) is 0 Å². The molecular formula is C24H34FeO3. The van der Waals surface area contributed by atoms with E-state index in [-0.39, 0.29) is 28.8 Å². The summed E-state index contributed by atoms with van der Waals surface area (Å²) < 4.78 is 4.88. The van der Waals surface area contributed by atoms with Gasteiger partial charge in [0.2, 0.25) is 0 Å².